The van der Waals surface area contributed by atoms with Gasteiger partial charge in [0.15, 0.2) is 5.76 Å². The number of halogens is 1. The van der Waals surface area contributed by atoms with Gasteiger partial charge in [-0.1, -0.05) is 17.7 Å². The lowest BCUT2D eigenvalue weighted by atomic mass is 9.92. The molecule has 1 N–H and O–H groups in total. The minimum Gasteiger partial charge on any atom is -0.463 e. The predicted octanol–water partition coefficient (Wildman–Crippen LogP) is 4.44. The van der Waals surface area contributed by atoms with Gasteiger partial charge in [0.25, 0.3) is 5.91 Å². The highest BCUT2D eigenvalue weighted by atomic mass is 35.5. The van der Waals surface area contributed by atoms with E-state index in [1.807, 2.05) is 33.8 Å². The molecular formula is C23H25ClN4O3. The van der Waals surface area contributed by atoms with Gasteiger partial charge in [-0.2, -0.15) is 5.10 Å². The zero-order valence-electron chi connectivity index (χ0n) is 18.2. The molecule has 31 heavy (non-hydrogen) atoms. The largest absolute Gasteiger partial charge is 0.463 e. The van der Waals surface area contributed by atoms with Gasteiger partial charge in [-0.15, -0.1) is 0 Å². The molecule has 0 radical (unpaired) electrons. The molecule has 3 heterocycles. The second-order valence-electron chi connectivity index (χ2n) is 9.10. The van der Waals surface area contributed by atoms with Crippen molar-refractivity contribution in [3.05, 3.63) is 58.9 Å². The predicted molar refractivity (Wildman–Crippen MR) is 119 cm³/mol. The summed E-state index contributed by atoms with van der Waals surface area (Å²) in [5.74, 6) is -0.0389. The van der Waals surface area contributed by atoms with Gasteiger partial charge in [0.2, 0.25) is 5.91 Å². The third-order valence-electron chi connectivity index (χ3n) is 5.32. The number of hydrogen-bond acceptors (Lipinski definition) is 4. The lowest BCUT2D eigenvalue weighted by molar-refractivity contribution is -0.128. The average molecular weight is 441 g/mol. The van der Waals surface area contributed by atoms with Gasteiger partial charge in [0.1, 0.15) is 16.9 Å². The first-order chi connectivity index (χ1) is 14.5. The molecule has 8 heteroatoms. The van der Waals surface area contributed by atoms with E-state index in [2.05, 4.69) is 10.4 Å². The van der Waals surface area contributed by atoms with E-state index in [4.69, 9.17) is 16.0 Å². The molecule has 7 nitrogen and oxygen atoms in total. The molecule has 1 aliphatic rings. The highest BCUT2D eigenvalue weighted by molar-refractivity contribution is 6.31. The van der Waals surface area contributed by atoms with Crippen LogP contribution in [-0.4, -0.2) is 32.7 Å². The molecule has 1 atom stereocenters. The molecule has 2 aromatic heterocycles. The van der Waals surface area contributed by atoms with Crippen molar-refractivity contribution >= 4 is 29.1 Å². The second kappa shape index (κ2) is 7.27. The van der Waals surface area contributed by atoms with E-state index in [1.165, 1.54) is 4.90 Å². The van der Waals surface area contributed by atoms with Crippen molar-refractivity contribution in [1.29, 1.82) is 0 Å². The summed E-state index contributed by atoms with van der Waals surface area (Å²) in [6.45, 7) is 9.54. The monoisotopic (exact) mass is 440 g/mol. The molecule has 4 rings (SSSR count). The summed E-state index contributed by atoms with van der Waals surface area (Å²) in [5, 5.41) is 8.07. The minimum atomic E-state index is -1.22. The van der Waals surface area contributed by atoms with Gasteiger partial charge < -0.3 is 9.73 Å². The first kappa shape index (κ1) is 21.2. The molecular weight excluding hydrogens is 416 g/mol. The lowest BCUT2D eigenvalue weighted by Crippen LogP contribution is -2.66. The molecule has 0 saturated carbocycles. The maximum Gasteiger partial charge on any atom is 0.277 e. The molecule has 0 aliphatic carbocycles. The van der Waals surface area contributed by atoms with Gasteiger partial charge in [0.05, 0.1) is 12.8 Å². The van der Waals surface area contributed by atoms with Gasteiger partial charge in [-0.3, -0.25) is 19.2 Å². The number of aryl methyl sites for hydroxylation is 1. The fourth-order valence-corrected chi connectivity index (χ4v) is 3.97. The van der Waals surface area contributed by atoms with Crippen LogP contribution < -0.4 is 10.2 Å². The quantitative estimate of drug-likeness (QED) is 0.652. The van der Waals surface area contributed by atoms with Crippen molar-refractivity contribution in [2.45, 2.75) is 52.2 Å². The van der Waals surface area contributed by atoms with E-state index in [-0.39, 0.29) is 18.4 Å². The van der Waals surface area contributed by atoms with Crippen LogP contribution >= 0.6 is 11.6 Å². The number of furan rings is 1. The van der Waals surface area contributed by atoms with Crippen molar-refractivity contribution < 1.29 is 14.0 Å². The number of anilines is 1. The Bertz CT molecular complexity index is 1160. The van der Waals surface area contributed by atoms with Crippen LogP contribution in [0.25, 0.3) is 11.5 Å². The maximum absolute atomic E-state index is 13.8. The minimum absolute atomic E-state index is 0.183. The van der Waals surface area contributed by atoms with Crippen molar-refractivity contribution in [3.63, 3.8) is 0 Å². The van der Waals surface area contributed by atoms with Crippen LogP contribution in [0.15, 0.2) is 47.1 Å². The van der Waals surface area contributed by atoms with Gasteiger partial charge in [0, 0.05) is 22.3 Å². The van der Waals surface area contributed by atoms with Crippen LogP contribution in [-0.2, 0) is 11.3 Å². The number of nitrogens with zero attached hydrogens (tertiary/aromatic N) is 3. The Hall–Kier alpha value is -3.06. The Morgan fingerprint density at radius 1 is 1.26 bits per heavy atom. The van der Waals surface area contributed by atoms with E-state index in [9.17, 15) is 9.59 Å². The third-order valence-corrected chi connectivity index (χ3v) is 5.55. The van der Waals surface area contributed by atoms with Crippen LogP contribution in [0.2, 0.25) is 5.02 Å². The van der Waals surface area contributed by atoms with Crippen LogP contribution in [0, 0.1) is 6.92 Å². The van der Waals surface area contributed by atoms with Crippen molar-refractivity contribution in [1.82, 2.24) is 15.1 Å². The summed E-state index contributed by atoms with van der Waals surface area (Å²) in [6, 6.07) is 10.6. The summed E-state index contributed by atoms with van der Waals surface area (Å²) in [6.07, 6.45) is 1.55. The van der Waals surface area contributed by atoms with Gasteiger partial charge in [-0.25, -0.2) is 0 Å². The number of nitrogens with one attached hydrogen (secondary N) is 1. The Morgan fingerprint density at radius 3 is 2.65 bits per heavy atom. The Balaban J connectivity index is 1.88. The summed E-state index contributed by atoms with van der Waals surface area (Å²) < 4.78 is 7.03. The fourth-order valence-electron chi connectivity index (χ4n) is 3.80. The number of carbonyl (C=O) groups excluding carboxylic acids is 2. The van der Waals surface area contributed by atoms with Crippen molar-refractivity contribution in [2.75, 3.05) is 4.90 Å². The number of hydrogen-bond donors (Lipinski definition) is 1. The molecule has 0 bridgehead atoms. The zero-order valence-corrected chi connectivity index (χ0v) is 18.9. The summed E-state index contributed by atoms with van der Waals surface area (Å²) >= 11 is 6.27. The molecule has 1 aliphatic heterocycles. The average Bonchev–Trinajstić information content (AvgIpc) is 3.32. The van der Waals surface area contributed by atoms with Crippen LogP contribution in [0.5, 0.6) is 0 Å². The van der Waals surface area contributed by atoms with E-state index < -0.39 is 11.1 Å². The molecule has 2 amide bonds. The highest BCUT2D eigenvalue weighted by Crippen LogP contribution is 2.37. The third kappa shape index (κ3) is 3.74. The van der Waals surface area contributed by atoms with Crippen molar-refractivity contribution in [3.8, 4) is 11.5 Å². The number of rotatable bonds is 3. The summed E-state index contributed by atoms with van der Waals surface area (Å²) in [4.78, 5) is 28.8. The van der Waals surface area contributed by atoms with E-state index in [0.717, 1.165) is 5.56 Å². The standard InChI is InChI=1S/C23H25ClN4O3/c1-14-8-9-15(24)11-17(14)28-20(29)18-12-16(19-7-6-10-31-19)26-27(18)13-23(28,5)21(30)25-22(2,3)4/h6-12H,13H2,1-5H3,(H,25,30). The summed E-state index contributed by atoms with van der Waals surface area (Å²) in [5.41, 5.74) is 0.660. The number of fused-ring (bicyclic) bond motifs is 1. The SMILES string of the molecule is Cc1ccc(Cl)cc1N1C(=O)c2cc(-c3ccco3)nn2CC1(C)C(=O)NC(C)(C)C. The molecule has 0 saturated heterocycles. The highest BCUT2D eigenvalue weighted by Gasteiger charge is 2.50. The topological polar surface area (TPSA) is 80.4 Å². The number of benzene rings is 1. The van der Waals surface area contributed by atoms with E-state index in [0.29, 0.717) is 27.9 Å². The fraction of sp³-hybridized carbons (Fsp3) is 0.348. The normalized spacial score (nSPS) is 18.8. The van der Waals surface area contributed by atoms with Crippen LogP contribution in [0.3, 0.4) is 0 Å². The number of carbonyl (C=O) groups is 2. The Kier molecular flexibility index (Phi) is 4.97. The molecule has 0 spiro atoms. The van der Waals surface area contributed by atoms with Gasteiger partial charge >= 0.3 is 0 Å². The van der Waals surface area contributed by atoms with Gasteiger partial charge in [-0.05, 0) is 64.4 Å². The lowest BCUT2D eigenvalue weighted by Gasteiger charge is -2.44. The second-order valence-corrected chi connectivity index (χ2v) is 9.54. The smallest absolute Gasteiger partial charge is 0.277 e. The Morgan fingerprint density at radius 2 is 2.00 bits per heavy atom. The first-order valence-corrected chi connectivity index (χ1v) is 10.4. The van der Waals surface area contributed by atoms with E-state index >= 15 is 0 Å². The molecule has 3 aromatic rings. The first-order valence-electron chi connectivity index (χ1n) is 10.0. The maximum atomic E-state index is 13.8. The zero-order chi connectivity index (χ0) is 22.6. The number of amides is 2. The molecule has 1 aromatic carbocycles. The van der Waals surface area contributed by atoms with Crippen LogP contribution in [0.1, 0.15) is 43.7 Å². The Labute approximate surface area is 186 Å². The molecule has 0 fully saturated rings. The van der Waals surface area contributed by atoms with Crippen LogP contribution in [0.4, 0.5) is 5.69 Å². The summed E-state index contributed by atoms with van der Waals surface area (Å²) in [7, 11) is 0. The molecule has 162 valence electrons. The number of aromatic nitrogens is 2. The van der Waals surface area contributed by atoms with Crippen molar-refractivity contribution in [2.24, 2.45) is 0 Å². The van der Waals surface area contributed by atoms with E-state index in [1.54, 1.807) is 48.2 Å². The molecule has 1 unspecified atom stereocenters.